The Morgan fingerprint density at radius 2 is 1.83 bits per heavy atom. The van der Waals surface area contributed by atoms with Crippen molar-refractivity contribution in [1.29, 1.82) is 0 Å². The van der Waals surface area contributed by atoms with Crippen LogP contribution in [0.1, 0.15) is 40.0 Å². The van der Waals surface area contributed by atoms with Crippen molar-refractivity contribution in [3.63, 3.8) is 0 Å². The number of aliphatic hydroxyl groups excluding tert-OH is 1. The van der Waals surface area contributed by atoms with E-state index in [-0.39, 0.29) is 0 Å². The molecule has 0 aliphatic rings. The van der Waals surface area contributed by atoms with Crippen LogP contribution < -0.4 is 0 Å². The van der Waals surface area contributed by atoms with Gasteiger partial charge in [0.2, 0.25) is 0 Å². The summed E-state index contributed by atoms with van der Waals surface area (Å²) in [5.74, 6) is 2.08. The molecule has 12 heavy (non-hydrogen) atoms. The van der Waals surface area contributed by atoms with Crippen LogP contribution in [-0.2, 0) is 0 Å². The molecule has 0 radical (unpaired) electrons. The van der Waals surface area contributed by atoms with Crippen molar-refractivity contribution in [1.82, 2.24) is 0 Å². The van der Waals surface area contributed by atoms with Gasteiger partial charge in [-0.05, 0) is 24.5 Å². The molecule has 0 bridgehead atoms. The van der Waals surface area contributed by atoms with Crippen LogP contribution in [0.25, 0.3) is 0 Å². The summed E-state index contributed by atoms with van der Waals surface area (Å²) in [6.45, 7) is 7.05. The largest absolute Gasteiger partial charge is 0.396 e. The van der Waals surface area contributed by atoms with E-state index in [4.69, 9.17) is 5.11 Å². The highest BCUT2D eigenvalue weighted by Gasteiger charge is 2.01. The molecular formula is C10H22OS. The van der Waals surface area contributed by atoms with Crippen molar-refractivity contribution in [2.45, 2.75) is 45.3 Å². The molecule has 2 heteroatoms. The Morgan fingerprint density at radius 3 is 2.33 bits per heavy atom. The zero-order valence-corrected chi connectivity index (χ0v) is 9.36. The summed E-state index contributed by atoms with van der Waals surface area (Å²) in [5.41, 5.74) is 0. The summed E-state index contributed by atoms with van der Waals surface area (Å²) in [5, 5.41) is 9.30. The molecule has 0 aromatic carbocycles. The molecule has 1 nitrogen and oxygen atoms in total. The zero-order valence-electron chi connectivity index (χ0n) is 8.55. The molecule has 0 aliphatic heterocycles. The fourth-order valence-electron chi connectivity index (χ4n) is 1.04. The number of thioether (sulfide) groups is 1. The molecule has 1 unspecified atom stereocenters. The van der Waals surface area contributed by atoms with Crippen molar-refractivity contribution in [3.05, 3.63) is 0 Å². The van der Waals surface area contributed by atoms with Gasteiger partial charge in [-0.2, -0.15) is 11.8 Å². The lowest BCUT2D eigenvalue weighted by Gasteiger charge is -2.09. The molecule has 0 spiro atoms. The molecule has 0 rings (SSSR count). The predicted octanol–water partition coefficient (Wildman–Crippen LogP) is 2.93. The maximum absolute atomic E-state index is 8.67. The van der Waals surface area contributed by atoms with Crippen molar-refractivity contribution >= 4 is 11.8 Å². The zero-order chi connectivity index (χ0) is 9.40. The van der Waals surface area contributed by atoms with Gasteiger partial charge in [0.05, 0.1) is 0 Å². The SMILES string of the molecule is CC(C)CCCSC(C)CCO. The molecule has 0 aliphatic carbocycles. The fraction of sp³-hybridized carbons (Fsp3) is 1.00. The second-order valence-corrected chi connectivity index (χ2v) is 5.28. The van der Waals surface area contributed by atoms with Crippen LogP contribution in [0.5, 0.6) is 0 Å². The number of hydrogen-bond donors (Lipinski definition) is 1. The minimum Gasteiger partial charge on any atom is -0.396 e. The van der Waals surface area contributed by atoms with Crippen LogP contribution in [0.4, 0.5) is 0 Å². The first-order valence-corrected chi connectivity index (χ1v) is 5.94. The van der Waals surface area contributed by atoms with Crippen LogP contribution in [0.3, 0.4) is 0 Å². The number of hydrogen-bond acceptors (Lipinski definition) is 2. The van der Waals surface area contributed by atoms with Gasteiger partial charge in [-0.25, -0.2) is 0 Å². The monoisotopic (exact) mass is 190 g/mol. The molecule has 74 valence electrons. The molecule has 1 N–H and O–H groups in total. The van der Waals surface area contributed by atoms with Gasteiger partial charge in [0.25, 0.3) is 0 Å². The van der Waals surface area contributed by atoms with E-state index in [2.05, 4.69) is 20.8 Å². The molecule has 0 fully saturated rings. The molecule has 0 saturated heterocycles. The highest BCUT2D eigenvalue weighted by atomic mass is 32.2. The summed E-state index contributed by atoms with van der Waals surface area (Å²) >= 11 is 1.98. The van der Waals surface area contributed by atoms with Crippen LogP contribution in [-0.4, -0.2) is 22.7 Å². The minimum absolute atomic E-state index is 0.332. The lowest BCUT2D eigenvalue weighted by atomic mass is 10.1. The topological polar surface area (TPSA) is 20.2 Å². The Balaban J connectivity index is 3.08. The van der Waals surface area contributed by atoms with Gasteiger partial charge in [-0.1, -0.05) is 27.2 Å². The molecule has 0 amide bonds. The van der Waals surface area contributed by atoms with Crippen LogP contribution >= 0.6 is 11.8 Å². The van der Waals surface area contributed by atoms with E-state index in [1.165, 1.54) is 18.6 Å². The van der Waals surface area contributed by atoms with Gasteiger partial charge >= 0.3 is 0 Å². The molecule has 0 heterocycles. The first-order chi connectivity index (χ1) is 5.66. The summed E-state index contributed by atoms with van der Waals surface area (Å²) < 4.78 is 0. The van der Waals surface area contributed by atoms with E-state index >= 15 is 0 Å². The Hall–Kier alpha value is 0.310. The molecule has 0 aromatic heterocycles. The third kappa shape index (κ3) is 8.41. The summed E-state index contributed by atoms with van der Waals surface area (Å²) in [7, 11) is 0. The Bertz CT molecular complexity index is 93.8. The molecule has 0 saturated carbocycles. The van der Waals surface area contributed by atoms with Gasteiger partial charge in [0, 0.05) is 11.9 Å². The lowest BCUT2D eigenvalue weighted by molar-refractivity contribution is 0.289. The maximum Gasteiger partial charge on any atom is 0.0441 e. The quantitative estimate of drug-likeness (QED) is 0.623. The summed E-state index contributed by atoms with van der Waals surface area (Å²) in [6, 6.07) is 0. The third-order valence-electron chi connectivity index (χ3n) is 1.86. The second-order valence-electron chi connectivity index (χ2n) is 3.73. The first-order valence-electron chi connectivity index (χ1n) is 4.89. The van der Waals surface area contributed by atoms with Crippen molar-refractivity contribution in [2.24, 2.45) is 5.92 Å². The van der Waals surface area contributed by atoms with Gasteiger partial charge in [0.1, 0.15) is 0 Å². The van der Waals surface area contributed by atoms with E-state index in [1.807, 2.05) is 11.8 Å². The first kappa shape index (κ1) is 12.3. The Kier molecular flexibility index (Phi) is 8.14. The van der Waals surface area contributed by atoms with Gasteiger partial charge in [0.15, 0.2) is 0 Å². The average molecular weight is 190 g/mol. The Labute approximate surface area is 80.9 Å². The van der Waals surface area contributed by atoms with E-state index in [9.17, 15) is 0 Å². The van der Waals surface area contributed by atoms with Crippen LogP contribution in [0.2, 0.25) is 0 Å². The normalized spacial score (nSPS) is 13.8. The lowest BCUT2D eigenvalue weighted by Crippen LogP contribution is -2.01. The highest BCUT2D eigenvalue weighted by molar-refractivity contribution is 7.99. The van der Waals surface area contributed by atoms with Crippen LogP contribution in [0.15, 0.2) is 0 Å². The second kappa shape index (κ2) is 7.93. The summed E-state index contributed by atoms with van der Waals surface area (Å²) in [4.78, 5) is 0. The van der Waals surface area contributed by atoms with Gasteiger partial charge < -0.3 is 5.11 Å². The minimum atomic E-state index is 0.332. The molecule has 0 aromatic rings. The standard InChI is InChI=1S/C10H22OS/c1-9(2)5-4-8-12-10(3)6-7-11/h9-11H,4-8H2,1-3H3. The predicted molar refractivity (Wildman–Crippen MR) is 57.7 cm³/mol. The number of aliphatic hydroxyl groups is 1. The highest BCUT2D eigenvalue weighted by Crippen LogP contribution is 2.16. The van der Waals surface area contributed by atoms with Gasteiger partial charge in [-0.3, -0.25) is 0 Å². The maximum atomic E-state index is 8.67. The third-order valence-corrected chi connectivity index (χ3v) is 3.19. The fourth-order valence-corrected chi connectivity index (χ4v) is 2.05. The average Bonchev–Trinajstić information content (AvgIpc) is 1.98. The van der Waals surface area contributed by atoms with E-state index in [1.54, 1.807) is 0 Å². The smallest absolute Gasteiger partial charge is 0.0441 e. The van der Waals surface area contributed by atoms with E-state index < -0.39 is 0 Å². The van der Waals surface area contributed by atoms with E-state index in [0.717, 1.165) is 12.3 Å². The number of rotatable bonds is 7. The molecule has 1 atom stereocenters. The van der Waals surface area contributed by atoms with Gasteiger partial charge in [-0.15, -0.1) is 0 Å². The van der Waals surface area contributed by atoms with Crippen molar-refractivity contribution in [3.8, 4) is 0 Å². The van der Waals surface area contributed by atoms with Crippen molar-refractivity contribution in [2.75, 3.05) is 12.4 Å². The van der Waals surface area contributed by atoms with E-state index in [0.29, 0.717) is 11.9 Å². The van der Waals surface area contributed by atoms with Crippen molar-refractivity contribution < 1.29 is 5.11 Å². The summed E-state index contributed by atoms with van der Waals surface area (Å²) in [6.07, 6.45) is 3.59. The molecular weight excluding hydrogens is 168 g/mol. The Morgan fingerprint density at radius 1 is 1.17 bits per heavy atom. The van der Waals surface area contributed by atoms with Crippen LogP contribution in [0, 0.1) is 5.92 Å².